The number of anilines is 2. The highest BCUT2D eigenvalue weighted by atomic mass is 19.1. The minimum atomic E-state index is -0.400. The van der Waals surface area contributed by atoms with Crippen LogP contribution in [0.1, 0.15) is 0 Å². The molecule has 0 radical (unpaired) electrons. The monoisotopic (exact) mass is 447 g/mol. The molecule has 34 heavy (non-hydrogen) atoms. The largest absolute Gasteiger partial charge is 0.340 e. The van der Waals surface area contributed by atoms with E-state index in [4.69, 9.17) is 0 Å². The summed E-state index contributed by atoms with van der Waals surface area (Å²) in [5.41, 5.74) is 5.94. The molecule has 0 aliphatic carbocycles. The van der Waals surface area contributed by atoms with Gasteiger partial charge in [0.05, 0.1) is 11.4 Å². The number of para-hydroxylation sites is 1. The van der Waals surface area contributed by atoms with Gasteiger partial charge in [0.2, 0.25) is 0 Å². The van der Waals surface area contributed by atoms with Gasteiger partial charge in [0, 0.05) is 12.6 Å². The lowest BCUT2D eigenvalue weighted by molar-refractivity contribution is 0.619. The fraction of sp³-hybridized carbons (Fsp3) is 0.0323. The van der Waals surface area contributed by atoms with Crippen LogP contribution in [0.25, 0.3) is 33.4 Å². The van der Waals surface area contributed by atoms with Crippen molar-refractivity contribution in [1.82, 2.24) is 0 Å². The zero-order valence-corrected chi connectivity index (χ0v) is 18.8. The molecule has 0 aromatic heterocycles. The van der Waals surface area contributed by atoms with Gasteiger partial charge in [-0.1, -0.05) is 97.1 Å². The summed E-state index contributed by atoms with van der Waals surface area (Å²) < 4.78 is 30.4. The Kier molecular flexibility index (Phi) is 5.92. The Labute approximate surface area is 198 Å². The summed E-state index contributed by atoms with van der Waals surface area (Å²) in [6.45, 7) is 0. The van der Waals surface area contributed by atoms with Gasteiger partial charge in [-0.3, -0.25) is 0 Å². The van der Waals surface area contributed by atoms with Gasteiger partial charge in [0.1, 0.15) is 5.82 Å². The molecule has 0 saturated carbocycles. The Balaban J connectivity index is 1.64. The van der Waals surface area contributed by atoms with Gasteiger partial charge in [0.15, 0.2) is 5.82 Å². The van der Waals surface area contributed by atoms with Gasteiger partial charge in [0.25, 0.3) is 0 Å². The lowest BCUT2D eigenvalue weighted by atomic mass is 9.95. The zero-order valence-electron chi connectivity index (χ0n) is 18.8. The standard InChI is InChI=1S/C31H23F2N/c1-34(29-15-9-8-14-28(29)32)30-21-26(20-27(31(30)33)25-12-6-3-7-13-25)24-18-16-23(17-19-24)22-10-4-2-5-11-22/h2-21H,1H3. The van der Waals surface area contributed by atoms with E-state index in [2.05, 4.69) is 24.3 Å². The van der Waals surface area contributed by atoms with Gasteiger partial charge in [-0.2, -0.15) is 0 Å². The molecule has 166 valence electrons. The summed E-state index contributed by atoms with van der Waals surface area (Å²) in [5, 5.41) is 0. The van der Waals surface area contributed by atoms with Crippen molar-refractivity contribution in [3.05, 3.63) is 133 Å². The second-order valence-electron chi connectivity index (χ2n) is 8.18. The van der Waals surface area contributed by atoms with E-state index in [1.54, 1.807) is 36.2 Å². The van der Waals surface area contributed by atoms with Crippen molar-refractivity contribution in [1.29, 1.82) is 0 Å². The molecule has 0 aliphatic heterocycles. The summed E-state index contributed by atoms with van der Waals surface area (Å²) in [7, 11) is 1.69. The van der Waals surface area contributed by atoms with Crippen LogP contribution in [0.5, 0.6) is 0 Å². The number of halogens is 2. The first-order valence-electron chi connectivity index (χ1n) is 11.1. The fourth-order valence-electron chi connectivity index (χ4n) is 4.19. The van der Waals surface area contributed by atoms with Gasteiger partial charge in [-0.15, -0.1) is 0 Å². The molecule has 0 aliphatic rings. The van der Waals surface area contributed by atoms with Gasteiger partial charge in [-0.25, -0.2) is 8.78 Å². The van der Waals surface area contributed by atoms with E-state index in [0.717, 1.165) is 27.8 Å². The first-order chi connectivity index (χ1) is 16.6. The van der Waals surface area contributed by atoms with Crippen molar-refractivity contribution in [3.8, 4) is 33.4 Å². The zero-order chi connectivity index (χ0) is 23.5. The van der Waals surface area contributed by atoms with E-state index in [1.807, 2.05) is 66.7 Å². The minimum Gasteiger partial charge on any atom is -0.340 e. The Morgan fingerprint density at radius 2 is 0.971 bits per heavy atom. The number of nitrogens with zero attached hydrogens (tertiary/aromatic N) is 1. The number of hydrogen-bond donors (Lipinski definition) is 0. The molecule has 5 aromatic carbocycles. The molecule has 0 atom stereocenters. The lowest BCUT2D eigenvalue weighted by Gasteiger charge is -2.23. The summed E-state index contributed by atoms with van der Waals surface area (Å²) >= 11 is 0. The SMILES string of the molecule is CN(c1ccccc1F)c1cc(-c2ccc(-c3ccccc3)cc2)cc(-c2ccccc2)c1F. The van der Waals surface area contributed by atoms with Crippen LogP contribution in [0.3, 0.4) is 0 Å². The molecule has 0 spiro atoms. The molecule has 5 rings (SSSR count). The van der Waals surface area contributed by atoms with Crippen LogP contribution in [0.4, 0.5) is 20.2 Å². The molecule has 0 N–H and O–H groups in total. The van der Waals surface area contributed by atoms with E-state index in [9.17, 15) is 4.39 Å². The quantitative estimate of drug-likeness (QED) is 0.260. The Bertz CT molecular complexity index is 1410. The molecule has 5 aromatic rings. The molecule has 1 nitrogen and oxygen atoms in total. The Hall–Kier alpha value is -4.24. The number of benzene rings is 5. The van der Waals surface area contributed by atoms with E-state index in [0.29, 0.717) is 16.9 Å². The highest BCUT2D eigenvalue weighted by Gasteiger charge is 2.19. The second-order valence-corrected chi connectivity index (χ2v) is 8.18. The van der Waals surface area contributed by atoms with Gasteiger partial charge in [-0.05, 0) is 52.1 Å². The molecule has 0 bridgehead atoms. The van der Waals surface area contributed by atoms with E-state index in [1.165, 1.54) is 6.07 Å². The smallest absolute Gasteiger partial charge is 0.154 e. The topological polar surface area (TPSA) is 3.24 Å². The summed E-state index contributed by atoms with van der Waals surface area (Å²) in [5.74, 6) is -0.787. The first-order valence-corrected chi connectivity index (χ1v) is 11.1. The number of rotatable bonds is 5. The Morgan fingerprint density at radius 1 is 0.471 bits per heavy atom. The molecule has 0 fully saturated rings. The predicted octanol–water partition coefficient (Wildman–Crippen LogP) is 8.73. The van der Waals surface area contributed by atoms with Crippen LogP contribution in [-0.4, -0.2) is 7.05 Å². The van der Waals surface area contributed by atoms with Crippen molar-refractivity contribution >= 4 is 11.4 Å². The van der Waals surface area contributed by atoms with Crippen molar-refractivity contribution in [2.24, 2.45) is 0 Å². The van der Waals surface area contributed by atoms with E-state index >= 15 is 4.39 Å². The van der Waals surface area contributed by atoms with Crippen molar-refractivity contribution < 1.29 is 8.78 Å². The average Bonchev–Trinajstić information content (AvgIpc) is 2.90. The summed E-state index contributed by atoms with van der Waals surface area (Å²) in [6, 6.07) is 37.9. The van der Waals surface area contributed by atoms with Crippen molar-refractivity contribution in [2.75, 3.05) is 11.9 Å². The maximum atomic E-state index is 15.8. The van der Waals surface area contributed by atoms with E-state index in [-0.39, 0.29) is 5.82 Å². The van der Waals surface area contributed by atoms with Crippen LogP contribution >= 0.6 is 0 Å². The third-order valence-corrected chi connectivity index (χ3v) is 6.04. The van der Waals surface area contributed by atoms with Crippen LogP contribution in [0, 0.1) is 11.6 Å². The van der Waals surface area contributed by atoms with Crippen LogP contribution in [0.15, 0.2) is 121 Å². The third kappa shape index (κ3) is 4.20. The molecular formula is C31H23F2N. The number of hydrogen-bond acceptors (Lipinski definition) is 1. The lowest BCUT2D eigenvalue weighted by Crippen LogP contribution is -2.13. The van der Waals surface area contributed by atoms with Crippen molar-refractivity contribution in [2.45, 2.75) is 0 Å². The fourth-order valence-corrected chi connectivity index (χ4v) is 4.19. The normalized spacial score (nSPS) is 10.8. The predicted molar refractivity (Wildman–Crippen MR) is 137 cm³/mol. The van der Waals surface area contributed by atoms with Gasteiger partial charge >= 0.3 is 0 Å². The molecule has 0 unspecified atom stereocenters. The second kappa shape index (κ2) is 9.32. The highest BCUT2D eigenvalue weighted by Crippen LogP contribution is 2.38. The molecule has 0 amide bonds. The molecule has 0 saturated heterocycles. The average molecular weight is 448 g/mol. The van der Waals surface area contributed by atoms with Crippen LogP contribution in [-0.2, 0) is 0 Å². The van der Waals surface area contributed by atoms with Crippen molar-refractivity contribution in [3.63, 3.8) is 0 Å². The maximum absolute atomic E-state index is 15.8. The first kappa shape index (κ1) is 21.6. The van der Waals surface area contributed by atoms with Gasteiger partial charge < -0.3 is 4.90 Å². The summed E-state index contributed by atoms with van der Waals surface area (Å²) in [6.07, 6.45) is 0. The molecule has 3 heteroatoms. The molecule has 0 heterocycles. The summed E-state index contributed by atoms with van der Waals surface area (Å²) in [4.78, 5) is 1.57. The van der Waals surface area contributed by atoms with Crippen LogP contribution < -0.4 is 4.90 Å². The maximum Gasteiger partial charge on any atom is 0.154 e. The van der Waals surface area contributed by atoms with E-state index < -0.39 is 5.82 Å². The molecular weight excluding hydrogens is 424 g/mol. The highest BCUT2D eigenvalue weighted by molar-refractivity contribution is 5.82. The van der Waals surface area contributed by atoms with Crippen LogP contribution in [0.2, 0.25) is 0 Å². The Morgan fingerprint density at radius 3 is 1.59 bits per heavy atom. The minimum absolute atomic E-state index is 0.314. The third-order valence-electron chi connectivity index (χ3n) is 6.04.